The highest BCUT2D eigenvalue weighted by molar-refractivity contribution is 9.10. The van der Waals surface area contributed by atoms with Crippen molar-refractivity contribution >= 4 is 27.3 Å². The minimum atomic E-state index is -0.183. The van der Waals surface area contributed by atoms with Crippen LogP contribution in [0.15, 0.2) is 40.2 Å². The Morgan fingerprint density at radius 2 is 2.05 bits per heavy atom. The van der Waals surface area contributed by atoms with Gasteiger partial charge in [-0.15, -0.1) is 11.3 Å². The molecule has 0 aliphatic rings. The summed E-state index contributed by atoms with van der Waals surface area (Å²) in [5.74, 6) is -0.183. The van der Waals surface area contributed by atoms with Gasteiger partial charge in [-0.3, -0.25) is 0 Å². The van der Waals surface area contributed by atoms with Crippen LogP contribution < -0.4 is 5.32 Å². The molecule has 0 spiro atoms. The Balaban J connectivity index is 2.13. The first-order chi connectivity index (χ1) is 9.19. The summed E-state index contributed by atoms with van der Waals surface area (Å²) >= 11 is 5.23. The van der Waals surface area contributed by atoms with Crippen LogP contribution in [0.4, 0.5) is 4.39 Å². The number of nitrogens with one attached hydrogen (secondary N) is 1. The van der Waals surface area contributed by atoms with Crippen LogP contribution in [0.2, 0.25) is 0 Å². The minimum absolute atomic E-state index is 0.183. The number of halogens is 2. The highest BCUT2D eigenvalue weighted by Gasteiger charge is 2.12. The first kappa shape index (κ1) is 14.7. The molecule has 1 heterocycles. The van der Waals surface area contributed by atoms with E-state index in [1.165, 1.54) is 17.0 Å². The van der Waals surface area contributed by atoms with Crippen LogP contribution >= 0.6 is 27.3 Å². The van der Waals surface area contributed by atoms with Crippen molar-refractivity contribution in [2.24, 2.45) is 0 Å². The van der Waals surface area contributed by atoms with Gasteiger partial charge in [0, 0.05) is 27.2 Å². The normalized spacial score (nSPS) is 12.6. The lowest BCUT2D eigenvalue weighted by Gasteiger charge is -2.18. The molecule has 0 saturated carbocycles. The van der Waals surface area contributed by atoms with Crippen molar-refractivity contribution in [1.29, 1.82) is 0 Å². The van der Waals surface area contributed by atoms with Crippen LogP contribution in [0.1, 0.15) is 29.8 Å². The second-order valence-corrected chi connectivity index (χ2v) is 6.41. The maximum atomic E-state index is 13.0. The molecule has 19 heavy (non-hydrogen) atoms. The molecule has 0 amide bonds. The number of benzene rings is 1. The first-order valence-corrected chi connectivity index (χ1v) is 8.08. The Hall–Kier alpha value is -0.710. The first-order valence-electron chi connectivity index (χ1n) is 6.40. The standard InChI is InChI=1S/C15H17BrFNS/c1-2-7-18-15(9-14-8-12(16)10-19-14)11-3-5-13(17)6-4-11/h3-6,8,10,15,18H,2,7,9H2,1H3. The second kappa shape index (κ2) is 7.17. The lowest BCUT2D eigenvalue weighted by molar-refractivity contribution is 0.530. The minimum Gasteiger partial charge on any atom is -0.310 e. The molecule has 2 aromatic rings. The molecule has 1 atom stereocenters. The fraction of sp³-hybridized carbons (Fsp3) is 0.333. The molecule has 0 aliphatic carbocycles. The summed E-state index contributed by atoms with van der Waals surface area (Å²) in [6, 6.07) is 9.18. The molecule has 0 bridgehead atoms. The van der Waals surface area contributed by atoms with Gasteiger partial charge in [-0.1, -0.05) is 19.1 Å². The van der Waals surface area contributed by atoms with Gasteiger partial charge < -0.3 is 5.32 Å². The molecule has 1 aromatic carbocycles. The second-order valence-electron chi connectivity index (χ2n) is 4.49. The van der Waals surface area contributed by atoms with Gasteiger partial charge in [0.1, 0.15) is 5.82 Å². The Bertz CT molecular complexity index is 509. The summed E-state index contributed by atoms with van der Waals surface area (Å²) in [6.07, 6.45) is 2.02. The highest BCUT2D eigenvalue weighted by atomic mass is 79.9. The van der Waals surface area contributed by atoms with Gasteiger partial charge in [0.05, 0.1) is 0 Å². The molecule has 1 unspecified atom stereocenters. The van der Waals surface area contributed by atoms with Crippen molar-refractivity contribution < 1.29 is 4.39 Å². The summed E-state index contributed by atoms with van der Waals surface area (Å²) in [7, 11) is 0. The van der Waals surface area contributed by atoms with E-state index in [1.807, 2.05) is 12.1 Å². The molecule has 102 valence electrons. The highest BCUT2D eigenvalue weighted by Crippen LogP contribution is 2.25. The molecular formula is C15H17BrFNS. The molecule has 0 saturated heterocycles. The van der Waals surface area contributed by atoms with E-state index in [-0.39, 0.29) is 11.9 Å². The SMILES string of the molecule is CCCNC(Cc1cc(Br)cs1)c1ccc(F)cc1. The Morgan fingerprint density at radius 3 is 2.63 bits per heavy atom. The molecule has 1 N–H and O–H groups in total. The van der Waals surface area contributed by atoms with Crippen molar-refractivity contribution in [3.05, 3.63) is 56.4 Å². The third-order valence-corrected chi connectivity index (χ3v) is 4.66. The number of hydrogen-bond donors (Lipinski definition) is 1. The van der Waals surface area contributed by atoms with E-state index < -0.39 is 0 Å². The lowest BCUT2D eigenvalue weighted by atomic mass is 10.0. The quantitative estimate of drug-likeness (QED) is 0.785. The number of thiophene rings is 1. The van der Waals surface area contributed by atoms with Crippen LogP contribution in [0, 0.1) is 5.82 Å². The van der Waals surface area contributed by atoms with Gasteiger partial charge in [0.2, 0.25) is 0 Å². The van der Waals surface area contributed by atoms with Gasteiger partial charge in [-0.2, -0.15) is 0 Å². The van der Waals surface area contributed by atoms with Gasteiger partial charge in [0.15, 0.2) is 0 Å². The van der Waals surface area contributed by atoms with Crippen molar-refractivity contribution in [3.63, 3.8) is 0 Å². The van der Waals surface area contributed by atoms with Crippen LogP contribution in [0.25, 0.3) is 0 Å². The zero-order valence-electron chi connectivity index (χ0n) is 10.8. The van der Waals surface area contributed by atoms with E-state index >= 15 is 0 Å². The number of rotatable bonds is 6. The molecule has 1 nitrogen and oxygen atoms in total. The average molecular weight is 342 g/mol. The molecule has 2 rings (SSSR count). The van der Waals surface area contributed by atoms with Gasteiger partial charge in [-0.05, 0) is 52.7 Å². The third-order valence-electron chi connectivity index (χ3n) is 2.94. The van der Waals surface area contributed by atoms with Gasteiger partial charge in [-0.25, -0.2) is 4.39 Å². The molecule has 0 radical (unpaired) electrons. The molecule has 0 fully saturated rings. The lowest BCUT2D eigenvalue weighted by Crippen LogP contribution is -2.23. The van der Waals surface area contributed by atoms with E-state index in [0.29, 0.717) is 0 Å². The monoisotopic (exact) mass is 341 g/mol. The maximum Gasteiger partial charge on any atom is 0.123 e. The summed E-state index contributed by atoms with van der Waals surface area (Å²) in [6.45, 7) is 3.12. The van der Waals surface area contributed by atoms with Crippen LogP contribution in [0.3, 0.4) is 0 Å². The largest absolute Gasteiger partial charge is 0.310 e. The molecule has 0 aliphatic heterocycles. The van der Waals surface area contributed by atoms with E-state index in [1.54, 1.807) is 11.3 Å². The van der Waals surface area contributed by atoms with E-state index in [4.69, 9.17) is 0 Å². The van der Waals surface area contributed by atoms with Crippen molar-refractivity contribution in [2.45, 2.75) is 25.8 Å². The fourth-order valence-corrected chi connectivity index (χ4v) is 3.48. The van der Waals surface area contributed by atoms with E-state index in [9.17, 15) is 4.39 Å². The Labute approximate surface area is 126 Å². The summed E-state index contributed by atoms with van der Waals surface area (Å²) in [5, 5.41) is 5.63. The van der Waals surface area contributed by atoms with E-state index in [0.717, 1.165) is 29.4 Å². The van der Waals surface area contributed by atoms with Crippen molar-refractivity contribution in [1.82, 2.24) is 5.32 Å². The van der Waals surface area contributed by atoms with Crippen LogP contribution in [-0.2, 0) is 6.42 Å². The predicted molar refractivity (Wildman–Crippen MR) is 83.2 cm³/mol. The summed E-state index contributed by atoms with van der Waals surface area (Å²) in [4.78, 5) is 1.32. The van der Waals surface area contributed by atoms with Crippen LogP contribution in [0.5, 0.6) is 0 Å². The van der Waals surface area contributed by atoms with Crippen LogP contribution in [-0.4, -0.2) is 6.54 Å². The average Bonchev–Trinajstić information content (AvgIpc) is 2.81. The summed E-state index contributed by atoms with van der Waals surface area (Å²) < 4.78 is 14.1. The molecule has 4 heteroatoms. The van der Waals surface area contributed by atoms with Crippen molar-refractivity contribution in [2.75, 3.05) is 6.54 Å². The summed E-state index contributed by atoms with van der Waals surface area (Å²) in [5.41, 5.74) is 1.14. The van der Waals surface area contributed by atoms with Gasteiger partial charge in [0.25, 0.3) is 0 Å². The zero-order valence-corrected chi connectivity index (χ0v) is 13.2. The smallest absolute Gasteiger partial charge is 0.123 e. The third kappa shape index (κ3) is 4.41. The molecule has 1 aromatic heterocycles. The van der Waals surface area contributed by atoms with Gasteiger partial charge >= 0.3 is 0 Å². The molecular weight excluding hydrogens is 325 g/mol. The number of hydrogen-bond acceptors (Lipinski definition) is 2. The fourth-order valence-electron chi connectivity index (χ4n) is 1.98. The predicted octanol–water partition coefficient (Wildman–Crippen LogP) is 4.93. The Morgan fingerprint density at radius 1 is 1.32 bits per heavy atom. The van der Waals surface area contributed by atoms with Crippen molar-refractivity contribution in [3.8, 4) is 0 Å². The maximum absolute atomic E-state index is 13.0. The zero-order chi connectivity index (χ0) is 13.7. The van der Waals surface area contributed by atoms with E-state index in [2.05, 4.69) is 39.6 Å². The Kier molecular flexibility index (Phi) is 5.55. The topological polar surface area (TPSA) is 12.0 Å².